The van der Waals surface area contributed by atoms with Gasteiger partial charge >= 0.3 is 0 Å². The smallest absolute Gasteiger partial charge is 0.235 e. The van der Waals surface area contributed by atoms with Crippen molar-refractivity contribution >= 4 is 29.0 Å². The van der Waals surface area contributed by atoms with Crippen LogP contribution < -0.4 is 11.1 Å². The first-order valence-electron chi connectivity index (χ1n) is 7.67. The molecule has 1 heterocycles. The summed E-state index contributed by atoms with van der Waals surface area (Å²) >= 11 is 5.22. The van der Waals surface area contributed by atoms with Crippen LogP contribution in [0.15, 0.2) is 0 Å². The lowest BCUT2D eigenvalue weighted by Gasteiger charge is -2.38. The monoisotopic (exact) mass is 311 g/mol. The van der Waals surface area contributed by atoms with Gasteiger partial charge in [0.1, 0.15) is 0 Å². The van der Waals surface area contributed by atoms with E-state index >= 15 is 0 Å². The molecule has 1 atom stereocenters. The topological polar surface area (TPSA) is 75.4 Å². The molecule has 1 unspecified atom stereocenters. The molecule has 21 heavy (non-hydrogen) atoms. The van der Waals surface area contributed by atoms with Crippen LogP contribution in [0.1, 0.15) is 45.4 Å². The van der Waals surface area contributed by atoms with Gasteiger partial charge in [-0.2, -0.15) is 0 Å². The summed E-state index contributed by atoms with van der Waals surface area (Å²) in [5, 5.41) is 2.69. The van der Waals surface area contributed by atoms with E-state index in [1.807, 2.05) is 6.92 Å². The molecule has 1 aliphatic heterocycles. The van der Waals surface area contributed by atoms with Crippen LogP contribution in [0.5, 0.6) is 0 Å². The number of carbonyl (C=O) groups excluding carboxylic acids is 2. The molecule has 0 radical (unpaired) electrons. The molecule has 0 spiro atoms. The number of hydrogen-bond acceptors (Lipinski definition) is 3. The third kappa shape index (κ3) is 2.78. The number of carbonyl (C=O) groups is 2. The Balaban J connectivity index is 2.16. The Morgan fingerprint density at radius 1 is 1.19 bits per heavy atom. The highest BCUT2D eigenvalue weighted by molar-refractivity contribution is 7.80. The Labute approximate surface area is 131 Å². The Morgan fingerprint density at radius 3 is 2.33 bits per heavy atom. The summed E-state index contributed by atoms with van der Waals surface area (Å²) in [4.78, 5) is 27.1. The van der Waals surface area contributed by atoms with Crippen LogP contribution in [-0.4, -0.2) is 41.8 Å². The third-order valence-corrected chi connectivity index (χ3v) is 5.51. The summed E-state index contributed by atoms with van der Waals surface area (Å²) in [5.41, 5.74) is 4.75. The van der Waals surface area contributed by atoms with Gasteiger partial charge in [0.25, 0.3) is 0 Å². The molecular formula is C15H25N3O2S. The van der Waals surface area contributed by atoms with Crippen LogP contribution in [0.2, 0.25) is 0 Å². The van der Waals surface area contributed by atoms with Crippen molar-refractivity contribution in [2.45, 2.75) is 45.4 Å². The SMILES string of the molecule is CNC(=O)C1(C)CCN(C(=O)C2(C(N)=S)CCCCC2)C1. The zero-order valence-corrected chi connectivity index (χ0v) is 13.7. The molecule has 1 saturated heterocycles. The molecule has 0 bridgehead atoms. The molecule has 1 saturated carbocycles. The molecule has 0 aromatic carbocycles. The maximum absolute atomic E-state index is 13.0. The van der Waals surface area contributed by atoms with Gasteiger partial charge in [-0.1, -0.05) is 31.5 Å². The van der Waals surface area contributed by atoms with E-state index in [1.54, 1.807) is 11.9 Å². The van der Waals surface area contributed by atoms with Crippen molar-refractivity contribution in [2.75, 3.05) is 20.1 Å². The minimum absolute atomic E-state index is 0.00850. The Kier molecular flexibility index (Phi) is 4.56. The first kappa shape index (κ1) is 16.2. The van der Waals surface area contributed by atoms with Crippen molar-refractivity contribution in [1.29, 1.82) is 0 Å². The van der Waals surface area contributed by atoms with Gasteiger partial charge in [0.15, 0.2) is 0 Å². The second-order valence-corrected chi connectivity index (χ2v) is 7.06. The zero-order valence-electron chi connectivity index (χ0n) is 12.9. The third-order valence-electron chi connectivity index (χ3n) is 5.12. The van der Waals surface area contributed by atoms with Crippen LogP contribution in [0, 0.1) is 10.8 Å². The van der Waals surface area contributed by atoms with Gasteiger partial charge in [-0.3, -0.25) is 9.59 Å². The number of amides is 2. The van der Waals surface area contributed by atoms with E-state index in [-0.39, 0.29) is 11.8 Å². The second-order valence-electron chi connectivity index (χ2n) is 6.62. The van der Waals surface area contributed by atoms with E-state index in [2.05, 4.69) is 5.32 Å². The predicted octanol–water partition coefficient (Wildman–Crippen LogP) is 1.21. The molecule has 2 fully saturated rings. The lowest BCUT2D eigenvalue weighted by molar-refractivity contribution is -0.139. The fraction of sp³-hybridized carbons (Fsp3) is 0.800. The summed E-state index contributed by atoms with van der Waals surface area (Å²) in [6, 6.07) is 0. The van der Waals surface area contributed by atoms with Crippen LogP contribution in [0.25, 0.3) is 0 Å². The van der Waals surface area contributed by atoms with Gasteiger partial charge in [0, 0.05) is 20.1 Å². The fourth-order valence-electron chi connectivity index (χ4n) is 3.65. The van der Waals surface area contributed by atoms with Gasteiger partial charge in [0.05, 0.1) is 15.8 Å². The lowest BCUT2D eigenvalue weighted by Crippen LogP contribution is -2.52. The van der Waals surface area contributed by atoms with E-state index < -0.39 is 10.8 Å². The number of likely N-dealkylation sites (tertiary alicyclic amines) is 1. The molecule has 2 rings (SSSR count). The quantitative estimate of drug-likeness (QED) is 0.768. The number of nitrogens with two attached hydrogens (primary N) is 1. The number of thiocarbonyl (C=S) groups is 1. The normalized spacial score (nSPS) is 28.2. The average Bonchev–Trinajstić information content (AvgIpc) is 2.89. The summed E-state index contributed by atoms with van der Waals surface area (Å²) in [5.74, 6) is 0.0214. The molecule has 0 aromatic heterocycles. The van der Waals surface area contributed by atoms with E-state index in [9.17, 15) is 9.59 Å². The molecule has 118 valence electrons. The molecule has 5 nitrogen and oxygen atoms in total. The summed E-state index contributed by atoms with van der Waals surface area (Å²) < 4.78 is 0. The van der Waals surface area contributed by atoms with Crippen molar-refractivity contribution in [2.24, 2.45) is 16.6 Å². The minimum atomic E-state index is -0.679. The Bertz CT molecular complexity index is 460. The minimum Gasteiger partial charge on any atom is -0.392 e. The average molecular weight is 311 g/mol. The van der Waals surface area contributed by atoms with Crippen molar-refractivity contribution in [3.8, 4) is 0 Å². The molecule has 6 heteroatoms. The summed E-state index contributed by atoms with van der Waals surface area (Å²) in [7, 11) is 1.63. The first-order chi connectivity index (χ1) is 9.85. The van der Waals surface area contributed by atoms with Crippen molar-refractivity contribution in [1.82, 2.24) is 10.2 Å². The van der Waals surface area contributed by atoms with Crippen LogP contribution >= 0.6 is 12.2 Å². The van der Waals surface area contributed by atoms with Gasteiger partial charge in [-0.15, -0.1) is 0 Å². The van der Waals surface area contributed by atoms with Gasteiger partial charge in [0.2, 0.25) is 11.8 Å². The maximum atomic E-state index is 13.0. The Morgan fingerprint density at radius 2 is 1.81 bits per heavy atom. The molecule has 3 N–H and O–H groups in total. The van der Waals surface area contributed by atoms with Gasteiger partial charge in [-0.25, -0.2) is 0 Å². The number of hydrogen-bond donors (Lipinski definition) is 2. The molecule has 0 aromatic rings. The van der Waals surface area contributed by atoms with Gasteiger partial charge in [-0.05, 0) is 26.2 Å². The lowest BCUT2D eigenvalue weighted by atomic mass is 9.73. The highest BCUT2D eigenvalue weighted by atomic mass is 32.1. The maximum Gasteiger partial charge on any atom is 0.235 e. The highest BCUT2D eigenvalue weighted by Gasteiger charge is 2.49. The van der Waals surface area contributed by atoms with E-state index in [1.165, 1.54) is 0 Å². The van der Waals surface area contributed by atoms with Crippen molar-refractivity contribution in [3.63, 3.8) is 0 Å². The van der Waals surface area contributed by atoms with E-state index in [4.69, 9.17) is 18.0 Å². The van der Waals surface area contributed by atoms with Crippen molar-refractivity contribution in [3.05, 3.63) is 0 Å². The predicted molar refractivity (Wildman–Crippen MR) is 85.7 cm³/mol. The Hall–Kier alpha value is -1.17. The first-order valence-corrected chi connectivity index (χ1v) is 8.08. The number of rotatable bonds is 3. The molecule has 1 aliphatic carbocycles. The zero-order chi connectivity index (χ0) is 15.7. The molecule has 2 amide bonds. The summed E-state index contributed by atoms with van der Waals surface area (Å²) in [6.07, 6.45) is 5.29. The fourth-order valence-corrected chi connectivity index (χ4v) is 3.94. The van der Waals surface area contributed by atoms with E-state index in [0.29, 0.717) is 24.5 Å². The number of nitrogens with zero attached hydrogens (tertiary/aromatic N) is 1. The largest absolute Gasteiger partial charge is 0.392 e. The van der Waals surface area contributed by atoms with Crippen LogP contribution in [-0.2, 0) is 9.59 Å². The molecule has 2 aliphatic rings. The van der Waals surface area contributed by atoms with Crippen molar-refractivity contribution < 1.29 is 9.59 Å². The standard InChI is InChI=1S/C15H25N3O2S/c1-14(12(19)17-2)8-9-18(10-14)13(20)15(11(16)21)6-4-3-5-7-15/h3-10H2,1-2H3,(H2,16,21)(H,17,19). The second kappa shape index (κ2) is 5.91. The van der Waals surface area contributed by atoms with Crippen LogP contribution in [0.3, 0.4) is 0 Å². The van der Waals surface area contributed by atoms with E-state index in [0.717, 1.165) is 32.1 Å². The van der Waals surface area contributed by atoms with Gasteiger partial charge < -0.3 is 16.0 Å². The molecular weight excluding hydrogens is 286 g/mol. The highest BCUT2D eigenvalue weighted by Crippen LogP contribution is 2.41. The summed E-state index contributed by atoms with van der Waals surface area (Å²) in [6.45, 7) is 2.97. The van der Waals surface area contributed by atoms with Crippen LogP contribution in [0.4, 0.5) is 0 Å². The number of nitrogens with one attached hydrogen (secondary N) is 1.